The number of carbonyl (C=O) groups is 2. The summed E-state index contributed by atoms with van der Waals surface area (Å²) in [4.78, 5) is 33.9. The van der Waals surface area contributed by atoms with E-state index in [4.69, 9.17) is 0 Å². The number of amides is 2. The summed E-state index contributed by atoms with van der Waals surface area (Å²) in [6.45, 7) is 7.25. The fourth-order valence-electron chi connectivity index (χ4n) is 3.47. The smallest absolute Gasteiger partial charge is 0.237 e. The van der Waals surface area contributed by atoms with Crippen molar-refractivity contribution in [3.8, 4) is 0 Å². The summed E-state index contributed by atoms with van der Waals surface area (Å²) in [6.07, 6.45) is 7.04. The zero-order valence-electron chi connectivity index (χ0n) is 16.1. The number of nitrogens with one attached hydrogen (secondary N) is 1. The van der Waals surface area contributed by atoms with E-state index in [1.165, 1.54) is 0 Å². The third kappa shape index (κ3) is 4.63. The van der Waals surface area contributed by atoms with Crippen molar-refractivity contribution < 1.29 is 9.59 Å². The van der Waals surface area contributed by atoms with Gasteiger partial charge in [0.1, 0.15) is 5.82 Å². The van der Waals surface area contributed by atoms with E-state index in [1.807, 2.05) is 22.7 Å². The Morgan fingerprint density at radius 3 is 2.81 bits per heavy atom. The molecule has 0 unspecified atom stereocenters. The first-order valence-corrected chi connectivity index (χ1v) is 9.73. The van der Waals surface area contributed by atoms with Crippen LogP contribution in [-0.2, 0) is 23.2 Å². The van der Waals surface area contributed by atoms with Crippen LogP contribution in [0.2, 0.25) is 0 Å². The average molecular weight is 361 g/mol. The highest BCUT2D eigenvalue weighted by atomic mass is 16.2. The molecule has 2 heterocycles. The SMILES string of the molecule is CC(C)CCN1CCNC(=O)[C@@H]1CC(=O)N(Cc1nccn1C)C1CC1. The van der Waals surface area contributed by atoms with Crippen molar-refractivity contribution in [1.82, 2.24) is 24.7 Å². The predicted octanol–water partition coefficient (Wildman–Crippen LogP) is 1.15. The Labute approximate surface area is 155 Å². The Hall–Kier alpha value is -1.89. The third-order valence-corrected chi connectivity index (χ3v) is 5.34. The molecule has 0 aromatic carbocycles. The minimum atomic E-state index is -0.349. The standard InChI is InChI=1S/C19H31N5O2/c1-14(2)6-9-23-11-8-21-19(26)16(23)12-18(25)24(15-4-5-15)13-17-20-7-10-22(17)3/h7,10,14-16H,4-6,8-9,11-13H2,1-3H3,(H,21,26)/t16-/m0/s1. The topological polar surface area (TPSA) is 70.5 Å². The highest BCUT2D eigenvalue weighted by Crippen LogP contribution is 2.29. The van der Waals surface area contributed by atoms with Crippen LogP contribution in [-0.4, -0.2) is 62.9 Å². The Balaban J connectivity index is 1.66. The van der Waals surface area contributed by atoms with Gasteiger partial charge in [0.2, 0.25) is 11.8 Å². The molecule has 1 aromatic heterocycles. The number of aryl methyl sites for hydroxylation is 1. The third-order valence-electron chi connectivity index (χ3n) is 5.34. The Kier molecular flexibility index (Phi) is 5.96. The lowest BCUT2D eigenvalue weighted by Gasteiger charge is -2.36. The number of hydrogen-bond acceptors (Lipinski definition) is 4. The minimum absolute atomic E-state index is 0.0129. The number of hydrogen-bond donors (Lipinski definition) is 1. The molecule has 2 aliphatic rings. The molecule has 7 nitrogen and oxygen atoms in total. The van der Waals surface area contributed by atoms with Crippen LogP contribution in [0.1, 0.15) is 45.4 Å². The summed E-state index contributed by atoms with van der Waals surface area (Å²) < 4.78 is 1.95. The van der Waals surface area contributed by atoms with Gasteiger partial charge in [-0.2, -0.15) is 0 Å². The summed E-state index contributed by atoms with van der Waals surface area (Å²) in [7, 11) is 1.94. The molecule has 1 saturated heterocycles. The van der Waals surface area contributed by atoms with Crippen LogP contribution in [0.5, 0.6) is 0 Å². The van der Waals surface area contributed by atoms with Crippen molar-refractivity contribution in [3.05, 3.63) is 18.2 Å². The summed E-state index contributed by atoms with van der Waals surface area (Å²) in [5.41, 5.74) is 0. The number of piperazine rings is 1. The number of aromatic nitrogens is 2. The van der Waals surface area contributed by atoms with Gasteiger partial charge < -0.3 is 14.8 Å². The molecule has 2 amide bonds. The van der Waals surface area contributed by atoms with E-state index < -0.39 is 0 Å². The second-order valence-corrected chi connectivity index (χ2v) is 7.94. The van der Waals surface area contributed by atoms with E-state index >= 15 is 0 Å². The van der Waals surface area contributed by atoms with E-state index in [1.54, 1.807) is 6.20 Å². The zero-order chi connectivity index (χ0) is 18.7. The molecule has 0 radical (unpaired) electrons. The first-order valence-electron chi connectivity index (χ1n) is 9.73. The molecule has 26 heavy (non-hydrogen) atoms. The Bertz CT molecular complexity index is 638. The van der Waals surface area contributed by atoms with Gasteiger partial charge in [0.15, 0.2) is 0 Å². The minimum Gasteiger partial charge on any atom is -0.353 e. The van der Waals surface area contributed by atoms with Crippen LogP contribution in [0.25, 0.3) is 0 Å². The van der Waals surface area contributed by atoms with Gasteiger partial charge in [0, 0.05) is 38.6 Å². The van der Waals surface area contributed by atoms with Crippen LogP contribution < -0.4 is 5.32 Å². The normalized spacial score (nSPS) is 21.1. The second-order valence-electron chi connectivity index (χ2n) is 7.94. The monoisotopic (exact) mass is 361 g/mol. The van der Waals surface area contributed by atoms with E-state index in [0.717, 1.165) is 38.2 Å². The number of nitrogens with zero attached hydrogens (tertiary/aromatic N) is 4. The molecule has 0 bridgehead atoms. The van der Waals surface area contributed by atoms with E-state index in [9.17, 15) is 9.59 Å². The molecule has 1 atom stereocenters. The van der Waals surface area contributed by atoms with E-state index in [0.29, 0.717) is 25.0 Å². The molecule has 3 rings (SSSR count). The Morgan fingerprint density at radius 2 is 2.19 bits per heavy atom. The van der Waals surface area contributed by atoms with Gasteiger partial charge in [0.05, 0.1) is 19.0 Å². The zero-order valence-corrected chi connectivity index (χ0v) is 16.1. The number of carbonyl (C=O) groups excluding carboxylic acids is 2. The van der Waals surface area contributed by atoms with Crippen LogP contribution in [0, 0.1) is 5.92 Å². The van der Waals surface area contributed by atoms with Crippen LogP contribution in [0.4, 0.5) is 0 Å². The molecular formula is C19H31N5O2. The van der Waals surface area contributed by atoms with Crippen LogP contribution in [0.15, 0.2) is 12.4 Å². The van der Waals surface area contributed by atoms with Crippen molar-refractivity contribution in [2.75, 3.05) is 19.6 Å². The average Bonchev–Trinajstić information content (AvgIpc) is 3.35. The van der Waals surface area contributed by atoms with Gasteiger partial charge in [0.25, 0.3) is 0 Å². The van der Waals surface area contributed by atoms with Gasteiger partial charge in [-0.05, 0) is 31.7 Å². The highest BCUT2D eigenvalue weighted by molar-refractivity contribution is 5.89. The maximum atomic E-state index is 13.0. The van der Waals surface area contributed by atoms with Gasteiger partial charge in [-0.25, -0.2) is 4.98 Å². The van der Waals surface area contributed by atoms with Gasteiger partial charge in [-0.3, -0.25) is 14.5 Å². The maximum absolute atomic E-state index is 13.0. The predicted molar refractivity (Wildman–Crippen MR) is 99.2 cm³/mol. The van der Waals surface area contributed by atoms with Crippen molar-refractivity contribution in [3.63, 3.8) is 0 Å². The largest absolute Gasteiger partial charge is 0.353 e. The maximum Gasteiger partial charge on any atom is 0.237 e. The molecule has 2 fully saturated rings. The quantitative estimate of drug-likeness (QED) is 0.754. The lowest BCUT2D eigenvalue weighted by molar-refractivity contribution is -0.139. The fourth-order valence-corrected chi connectivity index (χ4v) is 3.47. The van der Waals surface area contributed by atoms with E-state index in [2.05, 4.69) is 29.0 Å². The van der Waals surface area contributed by atoms with Crippen molar-refractivity contribution in [1.29, 1.82) is 0 Å². The summed E-state index contributed by atoms with van der Waals surface area (Å²) in [5.74, 6) is 1.52. The molecule has 7 heteroatoms. The Morgan fingerprint density at radius 1 is 1.42 bits per heavy atom. The number of rotatable bonds is 8. The van der Waals surface area contributed by atoms with Crippen molar-refractivity contribution in [2.24, 2.45) is 13.0 Å². The fraction of sp³-hybridized carbons (Fsp3) is 0.737. The van der Waals surface area contributed by atoms with Crippen LogP contribution in [0.3, 0.4) is 0 Å². The summed E-state index contributed by atoms with van der Waals surface area (Å²) >= 11 is 0. The molecule has 1 aliphatic carbocycles. The van der Waals surface area contributed by atoms with Crippen LogP contribution >= 0.6 is 0 Å². The van der Waals surface area contributed by atoms with Gasteiger partial charge in [-0.1, -0.05) is 13.8 Å². The van der Waals surface area contributed by atoms with Gasteiger partial charge >= 0.3 is 0 Å². The lowest BCUT2D eigenvalue weighted by atomic mass is 10.0. The summed E-state index contributed by atoms with van der Waals surface area (Å²) in [5, 5.41) is 2.93. The molecule has 0 spiro atoms. The molecular weight excluding hydrogens is 330 g/mol. The summed E-state index contributed by atoms with van der Waals surface area (Å²) in [6, 6.07) is -0.0485. The first-order chi connectivity index (χ1) is 12.5. The lowest BCUT2D eigenvalue weighted by Crippen LogP contribution is -2.57. The first kappa shape index (κ1) is 18.9. The van der Waals surface area contributed by atoms with E-state index in [-0.39, 0.29) is 24.3 Å². The van der Waals surface area contributed by atoms with Crippen molar-refractivity contribution in [2.45, 2.75) is 58.2 Å². The van der Waals surface area contributed by atoms with Gasteiger partial charge in [-0.15, -0.1) is 0 Å². The molecule has 1 aromatic rings. The molecule has 1 saturated carbocycles. The highest BCUT2D eigenvalue weighted by Gasteiger charge is 2.37. The number of imidazole rings is 1. The molecule has 1 N–H and O–H groups in total. The van der Waals surface area contributed by atoms with Crippen molar-refractivity contribution >= 4 is 11.8 Å². The molecule has 144 valence electrons. The molecule has 1 aliphatic heterocycles. The second kappa shape index (κ2) is 8.20.